The summed E-state index contributed by atoms with van der Waals surface area (Å²) in [5.74, 6) is 0.277. The molecule has 114 valence electrons. The molecule has 2 rings (SSSR count). The second-order valence-electron chi connectivity index (χ2n) is 6.05. The number of rotatable bonds is 9. The molecule has 2 heteroatoms. The summed E-state index contributed by atoms with van der Waals surface area (Å²) in [5.41, 5.74) is 3.14. The molecule has 0 aliphatic rings. The number of aryl methyl sites for hydroxylation is 1. The van der Waals surface area contributed by atoms with Crippen LogP contribution in [0.5, 0.6) is 0 Å². The molecule has 1 N–H and O–H groups in total. The van der Waals surface area contributed by atoms with Crippen molar-refractivity contribution in [3.05, 3.63) is 35.5 Å². The number of nitrogens with one attached hydrogen (secondary N) is 1. The molecular formula is C19H27NO. The molecule has 0 amide bonds. The van der Waals surface area contributed by atoms with Gasteiger partial charge in [0, 0.05) is 29.1 Å². The summed E-state index contributed by atoms with van der Waals surface area (Å²) < 4.78 is 0. The minimum atomic E-state index is 0.277. The van der Waals surface area contributed by atoms with Crippen LogP contribution in [0.15, 0.2) is 24.4 Å². The van der Waals surface area contributed by atoms with E-state index in [0.717, 1.165) is 22.9 Å². The lowest BCUT2D eigenvalue weighted by atomic mass is 10.0. The molecule has 21 heavy (non-hydrogen) atoms. The molecule has 0 unspecified atom stereocenters. The quantitative estimate of drug-likeness (QED) is 0.458. The largest absolute Gasteiger partial charge is 0.360 e. The van der Waals surface area contributed by atoms with E-state index in [1.165, 1.54) is 44.1 Å². The zero-order valence-electron chi connectivity index (χ0n) is 13.4. The molecule has 0 atom stereocenters. The number of H-pyrrole nitrogens is 1. The maximum Gasteiger partial charge on any atom is 0.165 e. The Kier molecular flexibility index (Phi) is 6.04. The highest BCUT2D eigenvalue weighted by Crippen LogP contribution is 2.21. The number of fused-ring (bicyclic) bond motifs is 1. The van der Waals surface area contributed by atoms with Crippen LogP contribution < -0.4 is 0 Å². The second kappa shape index (κ2) is 8.02. The number of hydrogen-bond donors (Lipinski definition) is 1. The van der Waals surface area contributed by atoms with Gasteiger partial charge in [-0.3, -0.25) is 4.79 Å². The van der Waals surface area contributed by atoms with Crippen LogP contribution in [-0.2, 0) is 0 Å². The van der Waals surface area contributed by atoms with Crippen LogP contribution in [0.1, 0.15) is 74.2 Å². The maximum atomic E-state index is 12.3. The molecule has 0 aliphatic heterocycles. The fraction of sp³-hybridized carbons (Fsp3) is 0.526. The van der Waals surface area contributed by atoms with Gasteiger partial charge in [0.25, 0.3) is 0 Å². The normalized spacial score (nSPS) is 11.1. The van der Waals surface area contributed by atoms with Crippen LogP contribution in [0, 0.1) is 6.92 Å². The monoisotopic (exact) mass is 285 g/mol. The van der Waals surface area contributed by atoms with Crippen molar-refractivity contribution in [3.8, 4) is 0 Å². The predicted octanol–water partition coefficient (Wildman–Crippen LogP) is 5.80. The van der Waals surface area contributed by atoms with Gasteiger partial charge in [-0.1, -0.05) is 57.6 Å². The molecule has 0 spiro atoms. The lowest BCUT2D eigenvalue weighted by Crippen LogP contribution is -1.97. The molecule has 0 bridgehead atoms. The Labute approximate surface area is 127 Å². The summed E-state index contributed by atoms with van der Waals surface area (Å²) in [6, 6.07) is 6.22. The first-order valence-electron chi connectivity index (χ1n) is 8.33. The number of unbranched alkanes of at least 4 members (excludes halogenated alkanes) is 6. The highest BCUT2D eigenvalue weighted by Gasteiger charge is 2.11. The van der Waals surface area contributed by atoms with Crippen molar-refractivity contribution in [2.24, 2.45) is 0 Å². The Morgan fingerprint density at radius 2 is 1.76 bits per heavy atom. The van der Waals surface area contributed by atoms with Crippen LogP contribution in [0.3, 0.4) is 0 Å². The van der Waals surface area contributed by atoms with E-state index in [0.29, 0.717) is 6.42 Å². The fourth-order valence-electron chi connectivity index (χ4n) is 2.85. The molecule has 1 aromatic heterocycles. The Balaban J connectivity index is 1.80. The summed E-state index contributed by atoms with van der Waals surface area (Å²) in [6.07, 6.45) is 11.3. The maximum absolute atomic E-state index is 12.3. The first kappa shape index (κ1) is 15.8. The van der Waals surface area contributed by atoms with Gasteiger partial charge in [-0.25, -0.2) is 0 Å². The van der Waals surface area contributed by atoms with Gasteiger partial charge in [0.15, 0.2) is 5.78 Å². The molecule has 0 radical (unpaired) electrons. The van der Waals surface area contributed by atoms with Crippen LogP contribution in [0.25, 0.3) is 10.9 Å². The molecule has 2 nitrogen and oxygen atoms in total. The van der Waals surface area contributed by atoms with E-state index < -0.39 is 0 Å². The number of ketones is 1. The van der Waals surface area contributed by atoms with E-state index in [2.05, 4.69) is 37.0 Å². The lowest BCUT2D eigenvalue weighted by molar-refractivity contribution is 0.0980. The van der Waals surface area contributed by atoms with Crippen molar-refractivity contribution in [1.29, 1.82) is 0 Å². The number of Topliss-reactive ketones (excluding diaryl/α,β-unsaturated/α-hetero) is 1. The third-order valence-corrected chi connectivity index (χ3v) is 4.15. The van der Waals surface area contributed by atoms with Crippen molar-refractivity contribution >= 4 is 16.7 Å². The van der Waals surface area contributed by atoms with Crippen molar-refractivity contribution in [2.45, 2.75) is 65.2 Å². The van der Waals surface area contributed by atoms with Crippen LogP contribution in [0.2, 0.25) is 0 Å². The fourth-order valence-corrected chi connectivity index (χ4v) is 2.85. The minimum Gasteiger partial charge on any atom is -0.360 e. The average molecular weight is 285 g/mol. The number of aromatic amines is 1. The Hall–Kier alpha value is -1.57. The number of aromatic nitrogens is 1. The zero-order chi connectivity index (χ0) is 15.1. The lowest BCUT2D eigenvalue weighted by Gasteiger charge is -2.01. The first-order chi connectivity index (χ1) is 10.2. The topological polar surface area (TPSA) is 32.9 Å². The van der Waals surface area contributed by atoms with E-state index in [9.17, 15) is 4.79 Å². The van der Waals surface area contributed by atoms with Gasteiger partial charge >= 0.3 is 0 Å². The molecule has 0 fully saturated rings. The van der Waals surface area contributed by atoms with Crippen molar-refractivity contribution < 1.29 is 4.79 Å². The summed E-state index contributed by atoms with van der Waals surface area (Å²) in [7, 11) is 0. The predicted molar refractivity (Wildman–Crippen MR) is 90.0 cm³/mol. The number of carbonyl (C=O) groups is 1. The summed E-state index contributed by atoms with van der Waals surface area (Å²) in [4.78, 5) is 15.5. The summed E-state index contributed by atoms with van der Waals surface area (Å²) in [6.45, 7) is 4.31. The van der Waals surface area contributed by atoms with Crippen LogP contribution in [0.4, 0.5) is 0 Å². The van der Waals surface area contributed by atoms with Crippen molar-refractivity contribution in [2.75, 3.05) is 0 Å². The van der Waals surface area contributed by atoms with Crippen LogP contribution >= 0.6 is 0 Å². The number of benzene rings is 1. The molecule has 0 aliphatic carbocycles. The average Bonchev–Trinajstić information content (AvgIpc) is 2.89. The number of carbonyl (C=O) groups excluding carboxylic acids is 1. The highest BCUT2D eigenvalue weighted by molar-refractivity contribution is 6.07. The second-order valence-corrected chi connectivity index (χ2v) is 6.05. The third-order valence-electron chi connectivity index (χ3n) is 4.15. The van der Waals surface area contributed by atoms with Gasteiger partial charge in [0.05, 0.1) is 0 Å². The Morgan fingerprint density at radius 3 is 2.52 bits per heavy atom. The Bertz CT molecular complexity index is 582. The molecule has 1 aromatic carbocycles. The van der Waals surface area contributed by atoms with Gasteiger partial charge in [-0.05, 0) is 25.0 Å². The standard InChI is InChI=1S/C19H27NO/c1-3-4-5-6-7-8-9-10-19(21)17-14-20-18-13-15(2)11-12-16(17)18/h11-14,20H,3-10H2,1-2H3. The van der Waals surface area contributed by atoms with Crippen molar-refractivity contribution in [3.63, 3.8) is 0 Å². The Morgan fingerprint density at radius 1 is 1.05 bits per heavy atom. The van der Waals surface area contributed by atoms with Gasteiger partial charge in [-0.15, -0.1) is 0 Å². The van der Waals surface area contributed by atoms with Gasteiger partial charge in [0.2, 0.25) is 0 Å². The van der Waals surface area contributed by atoms with Gasteiger partial charge < -0.3 is 4.98 Å². The minimum absolute atomic E-state index is 0.277. The van der Waals surface area contributed by atoms with E-state index in [1.54, 1.807) is 0 Å². The number of hydrogen-bond acceptors (Lipinski definition) is 1. The first-order valence-corrected chi connectivity index (χ1v) is 8.33. The molecular weight excluding hydrogens is 258 g/mol. The van der Waals surface area contributed by atoms with E-state index >= 15 is 0 Å². The molecule has 2 aromatic rings. The summed E-state index contributed by atoms with van der Waals surface area (Å²) >= 11 is 0. The van der Waals surface area contributed by atoms with E-state index in [-0.39, 0.29) is 5.78 Å². The van der Waals surface area contributed by atoms with E-state index in [4.69, 9.17) is 0 Å². The highest BCUT2D eigenvalue weighted by atomic mass is 16.1. The van der Waals surface area contributed by atoms with E-state index in [1.807, 2.05) is 6.20 Å². The smallest absolute Gasteiger partial charge is 0.165 e. The molecule has 1 heterocycles. The molecule has 0 saturated heterocycles. The van der Waals surface area contributed by atoms with Crippen molar-refractivity contribution in [1.82, 2.24) is 4.98 Å². The van der Waals surface area contributed by atoms with Gasteiger partial charge in [0.1, 0.15) is 0 Å². The zero-order valence-corrected chi connectivity index (χ0v) is 13.4. The van der Waals surface area contributed by atoms with Crippen LogP contribution in [-0.4, -0.2) is 10.8 Å². The third kappa shape index (κ3) is 4.45. The SMILES string of the molecule is CCCCCCCCCC(=O)c1c[nH]c2cc(C)ccc12. The van der Waals surface area contributed by atoms with Gasteiger partial charge in [-0.2, -0.15) is 0 Å². The molecule has 0 saturated carbocycles. The summed E-state index contributed by atoms with van der Waals surface area (Å²) in [5, 5.41) is 1.06.